The largest absolute Gasteiger partial charge is 0.375 e. The van der Waals surface area contributed by atoms with Gasteiger partial charge in [-0.2, -0.15) is 4.31 Å². The zero-order chi connectivity index (χ0) is 17.2. The molecule has 1 heterocycles. The second kappa shape index (κ2) is 6.98. The number of hydrogen-bond donors (Lipinski definition) is 0. The van der Waals surface area contributed by atoms with Crippen LogP contribution >= 0.6 is 0 Å². The lowest BCUT2D eigenvalue weighted by molar-refractivity contribution is -0.136. The molecule has 23 heavy (non-hydrogen) atoms. The minimum Gasteiger partial charge on any atom is -0.375 e. The van der Waals surface area contributed by atoms with E-state index < -0.39 is 10.0 Å². The van der Waals surface area contributed by atoms with Crippen LogP contribution in [-0.2, 0) is 19.6 Å². The molecule has 7 heteroatoms. The Hall–Kier alpha value is -1.44. The van der Waals surface area contributed by atoms with Crippen molar-refractivity contribution < 1.29 is 17.9 Å². The lowest BCUT2D eigenvalue weighted by atomic mass is 10.1. The summed E-state index contributed by atoms with van der Waals surface area (Å²) in [5.41, 5.74) is 2.58. The summed E-state index contributed by atoms with van der Waals surface area (Å²) in [6, 6.07) is 3.77. The molecule has 1 amide bonds. The normalized spacial score (nSPS) is 16.6. The summed E-state index contributed by atoms with van der Waals surface area (Å²) in [5.74, 6) is -0.104. The lowest BCUT2D eigenvalue weighted by Crippen LogP contribution is -2.51. The van der Waals surface area contributed by atoms with Crippen LogP contribution in [0.5, 0.6) is 0 Å². The van der Waals surface area contributed by atoms with Crippen LogP contribution in [0.1, 0.15) is 16.7 Å². The molecule has 0 atom stereocenters. The first-order valence-electron chi connectivity index (χ1n) is 7.62. The van der Waals surface area contributed by atoms with Gasteiger partial charge in [0.15, 0.2) is 0 Å². The number of carbonyl (C=O) groups excluding carboxylic acids is 1. The molecule has 1 aliphatic rings. The molecule has 0 spiro atoms. The van der Waals surface area contributed by atoms with Crippen molar-refractivity contribution in [3.63, 3.8) is 0 Å². The van der Waals surface area contributed by atoms with Crippen molar-refractivity contribution in [3.05, 3.63) is 28.8 Å². The summed E-state index contributed by atoms with van der Waals surface area (Å²) in [4.78, 5) is 13.8. The highest BCUT2D eigenvalue weighted by Gasteiger charge is 2.32. The SMILES string of the molecule is COCC(=O)N1CCN(S(=O)(=O)c2c(C)cc(C)cc2C)CC1. The first-order valence-corrected chi connectivity index (χ1v) is 9.06. The van der Waals surface area contributed by atoms with Crippen LogP contribution in [0.25, 0.3) is 0 Å². The molecule has 0 bridgehead atoms. The molecular formula is C16H24N2O4S. The van der Waals surface area contributed by atoms with E-state index in [1.165, 1.54) is 11.4 Å². The fourth-order valence-electron chi connectivity index (χ4n) is 3.10. The number of sulfonamides is 1. The smallest absolute Gasteiger partial charge is 0.248 e. The summed E-state index contributed by atoms with van der Waals surface area (Å²) in [6.45, 7) is 7.04. The van der Waals surface area contributed by atoms with Crippen LogP contribution in [0.15, 0.2) is 17.0 Å². The number of aryl methyl sites for hydroxylation is 3. The molecule has 2 rings (SSSR count). The Bertz CT molecular complexity index is 669. The molecule has 0 unspecified atom stereocenters. The van der Waals surface area contributed by atoms with Crippen molar-refractivity contribution in [2.75, 3.05) is 39.9 Å². The van der Waals surface area contributed by atoms with E-state index in [2.05, 4.69) is 0 Å². The van der Waals surface area contributed by atoms with E-state index in [9.17, 15) is 13.2 Å². The number of rotatable bonds is 4. The molecule has 1 aromatic rings. The van der Waals surface area contributed by atoms with E-state index >= 15 is 0 Å². The topological polar surface area (TPSA) is 66.9 Å². The van der Waals surface area contributed by atoms with Crippen LogP contribution in [0.3, 0.4) is 0 Å². The van der Waals surface area contributed by atoms with Gasteiger partial charge in [0.2, 0.25) is 15.9 Å². The van der Waals surface area contributed by atoms with E-state index in [0.29, 0.717) is 31.1 Å². The van der Waals surface area contributed by atoms with Gasteiger partial charge < -0.3 is 9.64 Å². The van der Waals surface area contributed by atoms with Crippen LogP contribution in [-0.4, -0.2) is 63.4 Å². The van der Waals surface area contributed by atoms with Crippen LogP contribution in [0.4, 0.5) is 0 Å². The summed E-state index contributed by atoms with van der Waals surface area (Å²) >= 11 is 0. The van der Waals surface area contributed by atoms with Crippen molar-refractivity contribution in [3.8, 4) is 0 Å². The number of nitrogens with zero attached hydrogens (tertiary/aromatic N) is 2. The fourth-order valence-corrected chi connectivity index (χ4v) is 4.93. The highest BCUT2D eigenvalue weighted by Crippen LogP contribution is 2.26. The van der Waals surface area contributed by atoms with E-state index in [-0.39, 0.29) is 12.5 Å². The molecule has 0 aliphatic carbocycles. The minimum atomic E-state index is -3.54. The van der Waals surface area contributed by atoms with Crippen molar-refractivity contribution in [1.29, 1.82) is 0 Å². The maximum atomic E-state index is 12.9. The highest BCUT2D eigenvalue weighted by atomic mass is 32.2. The maximum Gasteiger partial charge on any atom is 0.248 e. The third-order valence-electron chi connectivity index (χ3n) is 4.06. The number of amides is 1. The van der Waals surface area contributed by atoms with Crippen LogP contribution < -0.4 is 0 Å². The van der Waals surface area contributed by atoms with Gasteiger partial charge in [-0.05, 0) is 31.9 Å². The Kier molecular flexibility index (Phi) is 5.44. The van der Waals surface area contributed by atoms with Gasteiger partial charge in [-0.1, -0.05) is 17.7 Å². The molecule has 6 nitrogen and oxygen atoms in total. The van der Waals surface area contributed by atoms with E-state index in [0.717, 1.165) is 16.7 Å². The Morgan fingerprint density at radius 1 is 1.09 bits per heavy atom. The van der Waals surface area contributed by atoms with Gasteiger partial charge >= 0.3 is 0 Å². The van der Waals surface area contributed by atoms with Crippen LogP contribution in [0.2, 0.25) is 0 Å². The molecule has 1 aliphatic heterocycles. The van der Waals surface area contributed by atoms with E-state index in [1.807, 2.05) is 32.9 Å². The summed E-state index contributed by atoms with van der Waals surface area (Å²) in [7, 11) is -2.06. The predicted molar refractivity (Wildman–Crippen MR) is 87.9 cm³/mol. The average Bonchev–Trinajstić information content (AvgIpc) is 2.46. The molecule has 0 radical (unpaired) electrons. The van der Waals surface area contributed by atoms with Gasteiger partial charge in [0, 0.05) is 33.3 Å². The first-order chi connectivity index (χ1) is 10.8. The zero-order valence-corrected chi connectivity index (χ0v) is 14.9. The molecule has 0 N–H and O–H groups in total. The summed E-state index contributed by atoms with van der Waals surface area (Å²) in [5, 5.41) is 0. The Balaban J connectivity index is 2.19. The number of benzene rings is 1. The zero-order valence-electron chi connectivity index (χ0n) is 14.1. The molecule has 0 saturated carbocycles. The fraction of sp³-hybridized carbons (Fsp3) is 0.562. The average molecular weight is 340 g/mol. The number of piperazine rings is 1. The highest BCUT2D eigenvalue weighted by molar-refractivity contribution is 7.89. The number of ether oxygens (including phenoxy) is 1. The Morgan fingerprint density at radius 3 is 2.09 bits per heavy atom. The van der Waals surface area contributed by atoms with Gasteiger partial charge in [-0.15, -0.1) is 0 Å². The van der Waals surface area contributed by atoms with Crippen molar-refractivity contribution in [1.82, 2.24) is 9.21 Å². The van der Waals surface area contributed by atoms with Crippen LogP contribution in [0, 0.1) is 20.8 Å². The molecular weight excluding hydrogens is 316 g/mol. The molecule has 0 aromatic heterocycles. The van der Waals surface area contributed by atoms with Gasteiger partial charge in [0.25, 0.3) is 0 Å². The molecule has 1 saturated heterocycles. The summed E-state index contributed by atoms with van der Waals surface area (Å²) in [6.07, 6.45) is 0. The Labute approximate surface area is 138 Å². The van der Waals surface area contributed by atoms with Crippen molar-refractivity contribution in [2.45, 2.75) is 25.7 Å². The lowest BCUT2D eigenvalue weighted by Gasteiger charge is -2.34. The standard InChI is InChI=1S/C16H24N2O4S/c1-12-9-13(2)16(14(3)10-12)23(20,21)18-7-5-17(6-8-18)15(19)11-22-4/h9-10H,5-8,11H2,1-4H3. The third kappa shape index (κ3) is 3.73. The van der Waals surface area contributed by atoms with Gasteiger partial charge in [0.05, 0.1) is 4.90 Å². The third-order valence-corrected chi connectivity index (χ3v) is 6.27. The second-order valence-electron chi connectivity index (χ2n) is 5.95. The minimum absolute atomic E-state index is 0.0307. The predicted octanol–water partition coefficient (Wildman–Crippen LogP) is 1.09. The van der Waals surface area contributed by atoms with Crippen molar-refractivity contribution >= 4 is 15.9 Å². The number of methoxy groups -OCH3 is 1. The number of hydrogen-bond acceptors (Lipinski definition) is 4. The Morgan fingerprint density at radius 2 is 1.61 bits per heavy atom. The first kappa shape index (κ1) is 17.9. The van der Waals surface area contributed by atoms with Gasteiger partial charge in [-0.3, -0.25) is 4.79 Å². The van der Waals surface area contributed by atoms with Gasteiger partial charge in [0.1, 0.15) is 6.61 Å². The maximum absolute atomic E-state index is 12.9. The summed E-state index contributed by atoms with van der Waals surface area (Å²) < 4.78 is 32.2. The monoisotopic (exact) mass is 340 g/mol. The van der Waals surface area contributed by atoms with E-state index in [1.54, 1.807) is 4.90 Å². The van der Waals surface area contributed by atoms with Gasteiger partial charge in [-0.25, -0.2) is 8.42 Å². The molecule has 1 fully saturated rings. The number of carbonyl (C=O) groups is 1. The quantitative estimate of drug-likeness (QED) is 0.823. The van der Waals surface area contributed by atoms with Crippen molar-refractivity contribution in [2.24, 2.45) is 0 Å². The van der Waals surface area contributed by atoms with E-state index in [4.69, 9.17) is 4.74 Å². The molecule has 1 aromatic carbocycles. The second-order valence-corrected chi connectivity index (χ2v) is 7.82. The molecule has 128 valence electrons.